The monoisotopic (exact) mass is 377 g/mol. The molecule has 2 saturated heterocycles. The fraction of sp³-hybridized carbons (Fsp3) is 0.458. The van der Waals surface area contributed by atoms with Gasteiger partial charge in [0.25, 0.3) is 0 Å². The van der Waals surface area contributed by atoms with Crippen LogP contribution in [0.1, 0.15) is 35.6 Å². The highest BCUT2D eigenvalue weighted by atomic mass is 16.2. The van der Waals surface area contributed by atoms with E-state index in [9.17, 15) is 4.79 Å². The number of aryl methyl sites for hydroxylation is 1. The molecular weight excluding hydrogens is 346 g/mol. The third-order valence-electron chi connectivity index (χ3n) is 6.26. The molecule has 4 rings (SSSR count). The summed E-state index contributed by atoms with van der Waals surface area (Å²) in [4.78, 5) is 20.3. The molecule has 2 heterocycles. The number of piperazine rings is 1. The van der Waals surface area contributed by atoms with Gasteiger partial charge in [0, 0.05) is 26.2 Å². The Kier molecular flexibility index (Phi) is 5.79. The summed E-state index contributed by atoms with van der Waals surface area (Å²) < 4.78 is 0. The number of hydrogen-bond acceptors (Lipinski definition) is 3. The Morgan fingerprint density at radius 2 is 1.86 bits per heavy atom. The van der Waals surface area contributed by atoms with Crippen LogP contribution in [-0.4, -0.2) is 59.9 Å². The van der Waals surface area contributed by atoms with Crippen molar-refractivity contribution >= 4 is 5.91 Å². The van der Waals surface area contributed by atoms with Gasteiger partial charge in [0.1, 0.15) is 0 Å². The van der Waals surface area contributed by atoms with Crippen LogP contribution in [-0.2, 0) is 11.3 Å². The van der Waals surface area contributed by atoms with E-state index in [1.807, 2.05) is 0 Å². The molecule has 0 saturated carbocycles. The molecule has 4 nitrogen and oxygen atoms in total. The van der Waals surface area contributed by atoms with Gasteiger partial charge in [-0.05, 0) is 44.5 Å². The molecule has 2 aromatic carbocycles. The predicted octanol–water partition coefficient (Wildman–Crippen LogP) is 3.47. The predicted molar refractivity (Wildman–Crippen MR) is 113 cm³/mol. The lowest BCUT2D eigenvalue weighted by atomic mass is 10.0. The number of rotatable bonds is 4. The van der Waals surface area contributed by atoms with Crippen LogP contribution in [0.3, 0.4) is 0 Å². The van der Waals surface area contributed by atoms with E-state index in [2.05, 4.69) is 83.3 Å². The lowest BCUT2D eigenvalue weighted by Gasteiger charge is -2.41. The Morgan fingerprint density at radius 1 is 1.04 bits per heavy atom. The number of carbonyl (C=O) groups excluding carboxylic acids is 1. The van der Waals surface area contributed by atoms with E-state index in [1.54, 1.807) is 0 Å². The van der Waals surface area contributed by atoms with Crippen LogP contribution in [0.4, 0.5) is 0 Å². The highest BCUT2D eigenvalue weighted by Crippen LogP contribution is 2.27. The molecule has 0 spiro atoms. The molecule has 0 N–H and O–H groups in total. The van der Waals surface area contributed by atoms with Gasteiger partial charge in [-0.1, -0.05) is 60.2 Å². The first-order chi connectivity index (χ1) is 13.6. The molecule has 4 heteroatoms. The Balaban J connectivity index is 1.45. The van der Waals surface area contributed by atoms with Crippen LogP contribution in [0.2, 0.25) is 0 Å². The van der Waals surface area contributed by atoms with Crippen molar-refractivity contribution in [3.05, 3.63) is 71.3 Å². The summed E-state index contributed by atoms with van der Waals surface area (Å²) in [5.41, 5.74) is 3.88. The largest absolute Gasteiger partial charge is 0.338 e. The van der Waals surface area contributed by atoms with Crippen molar-refractivity contribution in [2.75, 3.05) is 33.2 Å². The third kappa shape index (κ3) is 4.13. The SMILES string of the molecule is Cc1cccc(CN2CCCC2C(=O)N2CCN(C)C(c3ccccc3)C2)c1. The van der Waals surface area contributed by atoms with E-state index in [0.717, 1.165) is 45.6 Å². The number of carbonyl (C=O) groups is 1. The first-order valence-corrected chi connectivity index (χ1v) is 10.5. The topological polar surface area (TPSA) is 26.8 Å². The van der Waals surface area contributed by atoms with E-state index in [1.165, 1.54) is 16.7 Å². The number of nitrogens with zero attached hydrogens (tertiary/aromatic N) is 3. The van der Waals surface area contributed by atoms with Crippen molar-refractivity contribution in [2.45, 2.75) is 38.4 Å². The van der Waals surface area contributed by atoms with Crippen LogP contribution in [0.5, 0.6) is 0 Å². The molecule has 28 heavy (non-hydrogen) atoms. The lowest BCUT2D eigenvalue weighted by Crippen LogP contribution is -2.53. The second-order valence-corrected chi connectivity index (χ2v) is 8.31. The lowest BCUT2D eigenvalue weighted by molar-refractivity contribution is -0.139. The molecule has 0 bridgehead atoms. The standard InChI is InChI=1S/C24H31N3O/c1-19-8-6-9-20(16-19)17-26-13-7-12-22(26)24(28)27-15-14-25(2)23(18-27)21-10-4-3-5-11-21/h3-6,8-11,16,22-23H,7,12-15,17-18H2,1-2H3. The molecule has 0 aliphatic carbocycles. The van der Waals surface area contributed by atoms with Crippen molar-refractivity contribution in [3.8, 4) is 0 Å². The maximum Gasteiger partial charge on any atom is 0.240 e. The average molecular weight is 378 g/mol. The van der Waals surface area contributed by atoms with Crippen molar-refractivity contribution in [1.29, 1.82) is 0 Å². The van der Waals surface area contributed by atoms with E-state index >= 15 is 0 Å². The van der Waals surface area contributed by atoms with E-state index < -0.39 is 0 Å². The quantitative estimate of drug-likeness (QED) is 0.816. The zero-order valence-corrected chi connectivity index (χ0v) is 17.1. The molecule has 148 valence electrons. The summed E-state index contributed by atoms with van der Waals surface area (Å²) in [6, 6.07) is 19.5. The highest BCUT2D eigenvalue weighted by molar-refractivity contribution is 5.82. The van der Waals surface area contributed by atoms with E-state index in [4.69, 9.17) is 0 Å². The fourth-order valence-electron chi connectivity index (χ4n) is 4.66. The van der Waals surface area contributed by atoms with Crippen LogP contribution in [0, 0.1) is 6.92 Å². The number of hydrogen-bond donors (Lipinski definition) is 0. The number of likely N-dealkylation sites (N-methyl/N-ethyl adjacent to an activating group) is 1. The maximum atomic E-state index is 13.4. The minimum atomic E-state index is 0.0281. The Bertz CT molecular complexity index is 807. The fourth-order valence-corrected chi connectivity index (χ4v) is 4.66. The van der Waals surface area contributed by atoms with Crippen LogP contribution in [0.15, 0.2) is 54.6 Å². The molecule has 2 aliphatic heterocycles. The van der Waals surface area contributed by atoms with Gasteiger partial charge in [-0.25, -0.2) is 0 Å². The number of benzene rings is 2. The van der Waals surface area contributed by atoms with Crippen molar-refractivity contribution in [2.24, 2.45) is 0 Å². The van der Waals surface area contributed by atoms with Gasteiger partial charge in [-0.2, -0.15) is 0 Å². The summed E-state index contributed by atoms with van der Waals surface area (Å²) >= 11 is 0. The summed E-state index contributed by atoms with van der Waals surface area (Å²) in [7, 11) is 2.17. The third-order valence-corrected chi connectivity index (χ3v) is 6.26. The van der Waals surface area contributed by atoms with Gasteiger partial charge >= 0.3 is 0 Å². The number of amides is 1. The highest BCUT2D eigenvalue weighted by Gasteiger charge is 2.36. The summed E-state index contributed by atoms with van der Waals surface area (Å²) in [6.07, 6.45) is 2.09. The zero-order chi connectivity index (χ0) is 19.5. The molecule has 2 fully saturated rings. The van der Waals surface area contributed by atoms with E-state index in [0.29, 0.717) is 5.91 Å². The minimum Gasteiger partial charge on any atom is -0.338 e. The summed E-state index contributed by atoms with van der Waals surface area (Å²) in [6.45, 7) is 6.55. The Morgan fingerprint density at radius 3 is 2.64 bits per heavy atom. The Labute approximate surface area is 168 Å². The molecule has 2 atom stereocenters. The van der Waals surface area contributed by atoms with Crippen LogP contribution < -0.4 is 0 Å². The maximum absolute atomic E-state index is 13.4. The van der Waals surface area contributed by atoms with Gasteiger partial charge in [0.15, 0.2) is 0 Å². The minimum absolute atomic E-state index is 0.0281. The van der Waals surface area contributed by atoms with Gasteiger partial charge < -0.3 is 4.90 Å². The summed E-state index contributed by atoms with van der Waals surface area (Å²) in [5, 5.41) is 0. The molecule has 1 amide bonds. The Hall–Kier alpha value is -2.17. The molecule has 2 aromatic rings. The average Bonchev–Trinajstić information content (AvgIpc) is 3.16. The second-order valence-electron chi connectivity index (χ2n) is 8.31. The molecule has 2 aliphatic rings. The van der Waals surface area contributed by atoms with Gasteiger partial charge in [-0.3, -0.25) is 14.6 Å². The number of likely N-dealkylation sites (tertiary alicyclic amines) is 1. The molecule has 0 aromatic heterocycles. The summed E-state index contributed by atoms with van der Waals surface area (Å²) in [5.74, 6) is 0.319. The van der Waals surface area contributed by atoms with Gasteiger partial charge in [0.05, 0.1) is 12.1 Å². The van der Waals surface area contributed by atoms with Crippen molar-refractivity contribution in [3.63, 3.8) is 0 Å². The zero-order valence-electron chi connectivity index (χ0n) is 17.1. The van der Waals surface area contributed by atoms with Crippen molar-refractivity contribution in [1.82, 2.24) is 14.7 Å². The first kappa shape index (κ1) is 19.2. The van der Waals surface area contributed by atoms with Crippen LogP contribution >= 0.6 is 0 Å². The van der Waals surface area contributed by atoms with Crippen LogP contribution in [0.25, 0.3) is 0 Å². The molecule has 2 unspecified atom stereocenters. The smallest absolute Gasteiger partial charge is 0.240 e. The van der Waals surface area contributed by atoms with Crippen molar-refractivity contribution < 1.29 is 4.79 Å². The first-order valence-electron chi connectivity index (χ1n) is 10.5. The normalized spacial score (nSPS) is 23.9. The molecule has 0 radical (unpaired) electrons. The second kappa shape index (κ2) is 8.46. The van der Waals surface area contributed by atoms with Gasteiger partial charge in [0.2, 0.25) is 5.91 Å². The van der Waals surface area contributed by atoms with Gasteiger partial charge in [-0.15, -0.1) is 0 Å². The van der Waals surface area contributed by atoms with E-state index in [-0.39, 0.29) is 12.1 Å². The molecular formula is C24H31N3O.